The van der Waals surface area contributed by atoms with Gasteiger partial charge in [0.05, 0.1) is 28.1 Å². The standard InChI is InChI=1S/C19H18ClF2N3O2S/c1-25-9-12(28(27)24-19-3-2-18(19)7-10(18)8-19)6-15(25)17(26)23-11-4-13(20)16(22)14(21)5-11/h4-6,9-10,24H,2-3,7-8H2,1H3,(H,23,26). The third kappa shape index (κ3) is 2.48. The third-order valence-corrected chi connectivity index (χ3v) is 8.24. The van der Waals surface area contributed by atoms with Crippen molar-refractivity contribution in [1.82, 2.24) is 9.29 Å². The fourth-order valence-corrected chi connectivity index (χ4v) is 6.54. The second kappa shape index (κ2) is 5.95. The molecule has 2 aromatic rings. The van der Waals surface area contributed by atoms with Crippen molar-refractivity contribution in [3.63, 3.8) is 0 Å². The third-order valence-electron chi connectivity index (χ3n) is 6.73. The SMILES string of the molecule is Cn1cc([S+]([O-])NC23CCC24CC4C3)cc1C(=O)Nc1cc(F)c(F)c(Cl)c1. The summed E-state index contributed by atoms with van der Waals surface area (Å²) < 4.78 is 44.4. The molecule has 1 aromatic heterocycles. The number of aromatic nitrogens is 1. The van der Waals surface area contributed by atoms with Gasteiger partial charge in [0.2, 0.25) is 0 Å². The molecule has 3 saturated carbocycles. The molecule has 9 heteroatoms. The Labute approximate surface area is 168 Å². The summed E-state index contributed by atoms with van der Waals surface area (Å²) in [6.07, 6.45) is 6.21. The van der Waals surface area contributed by atoms with Crippen LogP contribution in [0.4, 0.5) is 14.5 Å². The van der Waals surface area contributed by atoms with Gasteiger partial charge in [-0.05, 0) is 43.1 Å². The molecule has 0 saturated heterocycles. The maximum absolute atomic E-state index is 13.5. The molecule has 3 fully saturated rings. The molecule has 3 aliphatic carbocycles. The Balaban J connectivity index is 1.31. The molecule has 1 aromatic carbocycles. The molecular weight excluding hydrogens is 408 g/mol. The van der Waals surface area contributed by atoms with Crippen LogP contribution in [0.1, 0.15) is 36.2 Å². The van der Waals surface area contributed by atoms with E-state index < -0.39 is 33.9 Å². The molecule has 28 heavy (non-hydrogen) atoms. The fraction of sp³-hybridized carbons (Fsp3) is 0.421. The van der Waals surface area contributed by atoms with Crippen LogP contribution in [0.3, 0.4) is 0 Å². The zero-order valence-electron chi connectivity index (χ0n) is 15.0. The minimum absolute atomic E-state index is 0.00315. The molecule has 0 bridgehead atoms. The second-order valence-electron chi connectivity index (χ2n) is 8.09. The van der Waals surface area contributed by atoms with Crippen LogP contribution in [0, 0.1) is 23.0 Å². The van der Waals surface area contributed by atoms with Crippen molar-refractivity contribution in [2.75, 3.05) is 5.32 Å². The number of nitrogens with one attached hydrogen (secondary N) is 2. The first-order valence-corrected chi connectivity index (χ1v) is 10.6. The molecule has 0 aliphatic heterocycles. The molecule has 2 N–H and O–H groups in total. The summed E-state index contributed by atoms with van der Waals surface area (Å²) in [7, 11) is 1.66. The largest absolute Gasteiger partial charge is 0.593 e. The van der Waals surface area contributed by atoms with E-state index in [9.17, 15) is 18.1 Å². The average molecular weight is 426 g/mol. The van der Waals surface area contributed by atoms with Crippen LogP contribution < -0.4 is 10.0 Å². The molecule has 1 heterocycles. The Morgan fingerprint density at radius 2 is 2.11 bits per heavy atom. The van der Waals surface area contributed by atoms with Crippen LogP contribution in [-0.4, -0.2) is 20.6 Å². The monoisotopic (exact) mass is 425 g/mol. The Kier molecular flexibility index (Phi) is 3.91. The summed E-state index contributed by atoms with van der Waals surface area (Å²) in [5.74, 6) is -2.04. The van der Waals surface area contributed by atoms with Gasteiger partial charge in [-0.1, -0.05) is 11.6 Å². The van der Waals surface area contributed by atoms with Crippen molar-refractivity contribution in [3.8, 4) is 0 Å². The van der Waals surface area contributed by atoms with Crippen LogP contribution in [-0.2, 0) is 18.4 Å². The summed E-state index contributed by atoms with van der Waals surface area (Å²) in [6.45, 7) is 0. The molecule has 0 radical (unpaired) electrons. The van der Waals surface area contributed by atoms with E-state index >= 15 is 0 Å². The summed E-state index contributed by atoms with van der Waals surface area (Å²) in [5, 5.41) is 2.08. The van der Waals surface area contributed by atoms with E-state index in [2.05, 4.69) is 10.0 Å². The first-order chi connectivity index (χ1) is 13.2. The highest BCUT2D eigenvalue weighted by molar-refractivity contribution is 7.89. The van der Waals surface area contributed by atoms with Gasteiger partial charge in [0.25, 0.3) is 5.91 Å². The number of rotatable bonds is 5. The average Bonchev–Trinajstić information content (AvgIpc) is 3.20. The number of halogens is 3. The summed E-state index contributed by atoms with van der Waals surface area (Å²) >= 11 is 4.20. The van der Waals surface area contributed by atoms with Crippen molar-refractivity contribution in [3.05, 3.63) is 46.7 Å². The van der Waals surface area contributed by atoms with Gasteiger partial charge >= 0.3 is 0 Å². The van der Waals surface area contributed by atoms with Crippen molar-refractivity contribution in [1.29, 1.82) is 0 Å². The van der Waals surface area contributed by atoms with Crippen molar-refractivity contribution >= 4 is 34.6 Å². The van der Waals surface area contributed by atoms with E-state index in [-0.39, 0.29) is 16.9 Å². The van der Waals surface area contributed by atoms with E-state index in [0.717, 1.165) is 30.9 Å². The number of anilines is 1. The number of carbonyl (C=O) groups is 1. The Hall–Kier alpha value is -1.61. The Bertz CT molecular complexity index is 988. The maximum atomic E-state index is 13.5. The van der Waals surface area contributed by atoms with Gasteiger partial charge in [-0.25, -0.2) is 8.78 Å². The summed E-state index contributed by atoms with van der Waals surface area (Å²) in [6, 6.07) is 3.55. The van der Waals surface area contributed by atoms with Gasteiger partial charge in [0.15, 0.2) is 16.5 Å². The van der Waals surface area contributed by atoms with Gasteiger partial charge < -0.3 is 14.4 Å². The van der Waals surface area contributed by atoms with Crippen LogP contribution in [0.2, 0.25) is 5.02 Å². The van der Waals surface area contributed by atoms with Gasteiger partial charge in [0, 0.05) is 24.9 Å². The van der Waals surface area contributed by atoms with Gasteiger partial charge in [-0.2, -0.15) is 0 Å². The first kappa shape index (κ1) is 18.4. The number of hydrogen-bond donors (Lipinski definition) is 2. The number of benzene rings is 1. The van der Waals surface area contributed by atoms with Gasteiger partial charge in [-0.3, -0.25) is 4.79 Å². The van der Waals surface area contributed by atoms with E-state index in [1.165, 1.54) is 12.8 Å². The molecule has 3 aliphatic rings. The lowest BCUT2D eigenvalue weighted by molar-refractivity contribution is -0.0187. The molecule has 5 rings (SSSR count). The predicted octanol–water partition coefficient (Wildman–Crippen LogP) is 3.76. The molecule has 1 spiro atoms. The van der Waals surface area contributed by atoms with Gasteiger partial charge in [0.1, 0.15) is 5.69 Å². The molecule has 4 unspecified atom stereocenters. The minimum atomic E-state index is -1.41. The lowest BCUT2D eigenvalue weighted by Gasteiger charge is -2.57. The summed E-state index contributed by atoms with van der Waals surface area (Å²) in [4.78, 5) is 13.1. The van der Waals surface area contributed by atoms with E-state index in [0.29, 0.717) is 10.3 Å². The first-order valence-electron chi connectivity index (χ1n) is 9.07. The predicted molar refractivity (Wildman–Crippen MR) is 101 cm³/mol. The van der Waals surface area contributed by atoms with Crippen LogP contribution >= 0.6 is 11.6 Å². The lowest BCUT2D eigenvalue weighted by Crippen LogP contribution is -2.67. The zero-order chi connectivity index (χ0) is 19.8. The molecule has 5 nitrogen and oxygen atoms in total. The smallest absolute Gasteiger partial charge is 0.272 e. The molecule has 1 amide bonds. The zero-order valence-corrected chi connectivity index (χ0v) is 16.6. The normalized spacial score (nSPS) is 30.5. The van der Waals surface area contributed by atoms with E-state index in [1.54, 1.807) is 23.9 Å². The lowest BCUT2D eigenvalue weighted by atomic mass is 9.53. The number of carbonyl (C=O) groups excluding carboxylic acids is 1. The highest BCUT2D eigenvalue weighted by Gasteiger charge is 2.82. The van der Waals surface area contributed by atoms with Gasteiger partial charge in [-0.15, -0.1) is 4.72 Å². The quantitative estimate of drug-likeness (QED) is 0.566. The van der Waals surface area contributed by atoms with Crippen molar-refractivity contribution < 1.29 is 18.1 Å². The minimum Gasteiger partial charge on any atom is -0.593 e. The number of aryl methyl sites for hydroxylation is 1. The Morgan fingerprint density at radius 1 is 1.32 bits per heavy atom. The highest BCUT2D eigenvalue weighted by Crippen LogP contribution is 2.82. The van der Waals surface area contributed by atoms with E-state index in [4.69, 9.17) is 11.6 Å². The maximum Gasteiger partial charge on any atom is 0.272 e. The number of nitrogens with zero attached hydrogens (tertiary/aromatic N) is 1. The van der Waals surface area contributed by atoms with Crippen LogP contribution in [0.5, 0.6) is 0 Å². The number of amides is 1. The summed E-state index contributed by atoms with van der Waals surface area (Å²) in [5.41, 5.74) is 0.678. The topological polar surface area (TPSA) is 69.1 Å². The van der Waals surface area contributed by atoms with E-state index in [1.807, 2.05) is 0 Å². The van der Waals surface area contributed by atoms with Crippen LogP contribution in [0.25, 0.3) is 0 Å². The van der Waals surface area contributed by atoms with Crippen LogP contribution in [0.15, 0.2) is 29.3 Å². The van der Waals surface area contributed by atoms with Crippen molar-refractivity contribution in [2.45, 2.75) is 36.1 Å². The second-order valence-corrected chi connectivity index (χ2v) is 9.71. The fourth-order valence-electron chi connectivity index (χ4n) is 5.00. The Morgan fingerprint density at radius 3 is 2.68 bits per heavy atom. The number of hydrogen-bond acceptors (Lipinski definition) is 3. The van der Waals surface area contributed by atoms with Crippen molar-refractivity contribution in [2.24, 2.45) is 18.4 Å². The highest BCUT2D eigenvalue weighted by atomic mass is 35.5. The molecular formula is C19H18ClF2N3O2S. The molecule has 148 valence electrons. The molecule has 4 atom stereocenters.